The summed E-state index contributed by atoms with van der Waals surface area (Å²) in [7, 11) is 0. The van der Waals surface area contributed by atoms with Crippen LogP contribution in [0, 0.1) is 6.33 Å². The van der Waals surface area contributed by atoms with Crippen molar-refractivity contribution in [1.82, 2.24) is 9.97 Å². The molecule has 0 saturated carbocycles. The average Bonchev–Trinajstić information content (AvgIpc) is 2.14. The Labute approximate surface area is 41.9 Å². The highest BCUT2D eigenvalue weighted by Gasteiger charge is 1.79. The monoisotopic (exact) mass is 93.0 g/mol. The van der Waals surface area contributed by atoms with Gasteiger partial charge in [-0.05, 0) is 6.08 Å². The molecule has 35 valence electrons. The summed E-state index contributed by atoms with van der Waals surface area (Å²) in [6, 6.07) is 0. The largest absolute Gasteiger partial charge is 0.341 e. The molecule has 1 heterocycles. The van der Waals surface area contributed by atoms with Gasteiger partial charge in [0.1, 0.15) is 0 Å². The van der Waals surface area contributed by atoms with E-state index in [-0.39, 0.29) is 0 Å². The van der Waals surface area contributed by atoms with Crippen LogP contribution in [0.1, 0.15) is 5.69 Å². The Kier molecular flexibility index (Phi) is 0.941. The second kappa shape index (κ2) is 1.60. The van der Waals surface area contributed by atoms with Crippen molar-refractivity contribution in [3.8, 4) is 0 Å². The molecular weight excluding hydrogens is 88.1 g/mol. The fraction of sp³-hybridized carbons (Fsp3) is 0. The van der Waals surface area contributed by atoms with E-state index in [1.807, 2.05) is 0 Å². The molecule has 2 nitrogen and oxygen atoms in total. The molecule has 1 rings (SSSR count). The lowest BCUT2D eigenvalue weighted by atomic mass is 10.5. The van der Waals surface area contributed by atoms with Crippen molar-refractivity contribution in [2.45, 2.75) is 0 Å². The van der Waals surface area contributed by atoms with Gasteiger partial charge >= 0.3 is 0 Å². The van der Waals surface area contributed by atoms with Gasteiger partial charge in [-0.2, -0.15) is 0 Å². The van der Waals surface area contributed by atoms with Crippen LogP contribution in [0.15, 0.2) is 12.8 Å². The molecule has 0 fully saturated rings. The predicted molar refractivity (Wildman–Crippen MR) is 27.5 cm³/mol. The van der Waals surface area contributed by atoms with Crippen LogP contribution in [0.3, 0.4) is 0 Å². The van der Waals surface area contributed by atoms with Crippen LogP contribution in [-0.2, 0) is 0 Å². The van der Waals surface area contributed by atoms with Crippen molar-refractivity contribution >= 4 is 6.08 Å². The third-order valence-corrected chi connectivity index (χ3v) is 0.679. The van der Waals surface area contributed by atoms with Gasteiger partial charge in [0.15, 0.2) is 6.33 Å². The third-order valence-electron chi connectivity index (χ3n) is 0.679. The molecular formula is C5H5N2. The van der Waals surface area contributed by atoms with Crippen molar-refractivity contribution in [2.24, 2.45) is 0 Å². The van der Waals surface area contributed by atoms with Gasteiger partial charge in [0.25, 0.3) is 0 Å². The fourth-order valence-corrected chi connectivity index (χ4v) is 0.340. The highest BCUT2D eigenvalue weighted by atomic mass is 14.8. The maximum absolute atomic E-state index is 3.74. The summed E-state index contributed by atoms with van der Waals surface area (Å²) in [5.74, 6) is 0. The Hall–Kier alpha value is -1.05. The molecule has 0 aliphatic rings. The number of aromatic amines is 1. The van der Waals surface area contributed by atoms with Crippen LogP contribution in [-0.4, -0.2) is 9.97 Å². The molecule has 2 heteroatoms. The lowest BCUT2D eigenvalue weighted by Gasteiger charge is -1.69. The first-order valence-electron chi connectivity index (χ1n) is 1.97. The minimum absolute atomic E-state index is 0.833. The molecule has 0 amide bonds. The molecule has 1 aromatic heterocycles. The summed E-state index contributed by atoms with van der Waals surface area (Å²) in [4.78, 5) is 6.41. The first kappa shape index (κ1) is 4.12. The Bertz CT molecular complexity index is 141. The molecule has 0 spiro atoms. The maximum atomic E-state index is 3.74. The Morgan fingerprint density at radius 1 is 2.00 bits per heavy atom. The summed E-state index contributed by atoms with van der Waals surface area (Å²) in [5, 5.41) is 0. The normalized spacial score (nSPS) is 8.57. The van der Waals surface area contributed by atoms with E-state index in [0.717, 1.165) is 5.69 Å². The number of imidazole rings is 1. The van der Waals surface area contributed by atoms with E-state index in [0.29, 0.717) is 0 Å². The standard InChI is InChI=1S/C5H5N2/c1-2-5-3-6-4-7-5/h2-3H,1H2,(H,6,7). The molecule has 1 aromatic rings. The fourth-order valence-electron chi connectivity index (χ4n) is 0.340. The molecule has 7 heavy (non-hydrogen) atoms. The van der Waals surface area contributed by atoms with E-state index in [2.05, 4.69) is 22.9 Å². The molecule has 0 atom stereocenters. The molecule has 0 aliphatic heterocycles. The van der Waals surface area contributed by atoms with Gasteiger partial charge in [0.2, 0.25) is 0 Å². The number of H-pyrrole nitrogens is 1. The lowest BCUT2D eigenvalue weighted by molar-refractivity contribution is 1.28. The van der Waals surface area contributed by atoms with E-state index in [1.165, 1.54) is 0 Å². The average molecular weight is 93.1 g/mol. The number of nitrogens with zero attached hydrogens (tertiary/aromatic N) is 1. The van der Waals surface area contributed by atoms with Gasteiger partial charge < -0.3 is 4.98 Å². The Morgan fingerprint density at radius 3 is 3.14 bits per heavy atom. The van der Waals surface area contributed by atoms with Gasteiger partial charge in [-0.1, -0.05) is 6.58 Å². The molecule has 1 radical (unpaired) electrons. The zero-order valence-corrected chi connectivity index (χ0v) is 3.81. The maximum Gasteiger partial charge on any atom is 0.174 e. The van der Waals surface area contributed by atoms with Crippen molar-refractivity contribution in [2.75, 3.05) is 0 Å². The van der Waals surface area contributed by atoms with Crippen molar-refractivity contribution in [3.05, 3.63) is 24.8 Å². The molecule has 0 aromatic carbocycles. The van der Waals surface area contributed by atoms with E-state index >= 15 is 0 Å². The van der Waals surface area contributed by atoms with Crippen molar-refractivity contribution in [3.63, 3.8) is 0 Å². The predicted octanol–water partition coefficient (Wildman–Crippen LogP) is 0.853. The molecule has 0 bridgehead atoms. The summed E-state index contributed by atoms with van der Waals surface area (Å²) in [6.45, 7) is 3.50. The van der Waals surface area contributed by atoms with Crippen molar-refractivity contribution < 1.29 is 0 Å². The molecule has 0 unspecified atom stereocenters. The van der Waals surface area contributed by atoms with Gasteiger partial charge in [-0.3, -0.25) is 0 Å². The summed E-state index contributed by atoms with van der Waals surface area (Å²) < 4.78 is 0. The lowest BCUT2D eigenvalue weighted by Crippen LogP contribution is -1.61. The minimum atomic E-state index is 0.833. The number of hydrogen-bond acceptors (Lipinski definition) is 1. The van der Waals surface area contributed by atoms with Crippen LogP contribution < -0.4 is 0 Å². The number of hydrogen-bond donors (Lipinski definition) is 1. The van der Waals surface area contributed by atoms with Crippen molar-refractivity contribution in [1.29, 1.82) is 0 Å². The minimum Gasteiger partial charge on any atom is -0.341 e. The zero-order valence-electron chi connectivity index (χ0n) is 3.81. The molecule has 1 N–H and O–H groups in total. The van der Waals surface area contributed by atoms with Crippen LogP contribution in [0.25, 0.3) is 6.08 Å². The smallest absolute Gasteiger partial charge is 0.174 e. The Balaban J connectivity index is 2.96. The summed E-state index contributed by atoms with van der Waals surface area (Å²) in [6.07, 6.45) is 5.92. The Morgan fingerprint density at radius 2 is 2.86 bits per heavy atom. The highest BCUT2D eigenvalue weighted by Crippen LogP contribution is 1.88. The topological polar surface area (TPSA) is 28.7 Å². The van der Waals surface area contributed by atoms with Gasteiger partial charge in [-0.15, -0.1) is 0 Å². The summed E-state index contributed by atoms with van der Waals surface area (Å²) in [5.41, 5.74) is 0.833. The molecule has 0 aliphatic carbocycles. The van der Waals surface area contributed by atoms with E-state index in [4.69, 9.17) is 0 Å². The van der Waals surface area contributed by atoms with Crippen LogP contribution >= 0.6 is 0 Å². The van der Waals surface area contributed by atoms with Gasteiger partial charge in [0, 0.05) is 6.20 Å². The van der Waals surface area contributed by atoms with Gasteiger partial charge in [-0.25, -0.2) is 4.98 Å². The van der Waals surface area contributed by atoms with E-state index in [1.54, 1.807) is 12.3 Å². The zero-order chi connectivity index (χ0) is 5.11. The van der Waals surface area contributed by atoms with Crippen LogP contribution in [0.4, 0.5) is 0 Å². The number of nitrogens with one attached hydrogen (secondary N) is 1. The first-order valence-corrected chi connectivity index (χ1v) is 1.97. The second-order valence-electron chi connectivity index (χ2n) is 1.14. The first-order chi connectivity index (χ1) is 3.43. The molecule has 0 saturated heterocycles. The van der Waals surface area contributed by atoms with E-state index in [9.17, 15) is 0 Å². The SMILES string of the molecule is C=Cc1c[nH][c]n1. The quantitative estimate of drug-likeness (QED) is 0.548. The summed E-state index contributed by atoms with van der Waals surface area (Å²) >= 11 is 0. The van der Waals surface area contributed by atoms with Crippen LogP contribution in [0.2, 0.25) is 0 Å². The second-order valence-corrected chi connectivity index (χ2v) is 1.14. The van der Waals surface area contributed by atoms with Gasteiger partial charge in [0.05, 0.1) is 5.69 Å². The van der Waals surface area contributed by atoms with E-state index < -0.39 is 0 Å². The highest BCUT2D eigenvalue weighted by molar-refractivity contribution is 5.38. The number of rotatable bonds is 1. The van der Waals surface area contributed by atoms with Crippen LogP contribution in [0.5, 0.6) is 0 Å². The number of aromatic nitrogens is 2. The third kappa shape index (κ3) is 0.682.